The van der Waals surface area contributed by atoms with Gasteiger partial charge in [0.2, 0.25) is 0 Å². The largest absolute Gasteiger partial charge is 0.506 e. The molecule has 0 radical (unpaired) electrons. The monoisotopic (exact) mass is 651 g/mol. The van der Waals surface area contributed by atoms with Gasteiger partial charge in [0, 0.05) is 28.2 Å². The first-order valence-electron chi connectivity index (χ1n) is 12.3. The molecule has 9 nitrogen and oxygen atoms in total. The van der Waals surface area contributed by atoms with Crippen LogP contribution in [0.15, 0.2) is 91.5 Å². The number of nitro benzene ring substituents is 1. The molecule has 1 aromatic heterocycles. The van der Waals surface area contributed by atoms with Gasteiger partial charge in [0.05, 0.1) is 37.8 Å². The van der Waals surface area contributed by atoms with Crippen LogP contribution in [0, 0.1) is 10.1 Å². The summed E-state index contributed by atoms with van der Waals surface area (Å²) in [5.41, 5.74) is 1.33. The predicted molar refractivity (Wildman–Crippen MR) is 162 cm³/mol. The summed E-state index contributed by atoms with van der Waals surface area (Å²) in [5, 5.41) is 22.0. The van der Waals surface area contributed by atoms with Crippen molar-refractivity contribution in [2.24, 2.45) is 4.99 Å². The number of nitrogens with zero attached hydrogens (tertiary/aromatic N) is 3. The molecular weight excluding hydrogens is 630 g/mol. The summed E-state index contributed by atoms with van der Waals surface area (Å²) >= 11 is 5.77. The molecule has 4 aromatic rings. The fourth-order valence-electron chi connectivity index (χ4n) is 4.50. The number of rotatable bonds is 7. The van der Waals surface area contributed by atoms with E-state index in [-0.39, 0.29) is 38.2 Å². The van der Waals surface area contributed by atoms with Crippen LogP contribution in [0.4, 0.5) is 5.69 Å². The highest BCUT2D eigenvalue weighted by molar-refractivity contribution is 9.10. The smallest absolute Gasteiger partial charge is 0.338 e. The number of hydrogen-bond donors (Lipinski definition) is 1. The van der Waals surface area contributed by atoms with Gasteiger partial charge in [-0.25, -0.2) is 9.79 Å². The van der Waals surface area contributed by atoms with Crippen molar-refractivity contribution in [3.8, 4) is 5.75 Å². The number of ether oxygens (including phenoxy) is 1. The van der Waals surface area contributed by atoms with Crippen molar-refractivity contribution >= 4 is 62.5 Å². The second kappa shape index (κ2) is 11.9. The van der Waals surface area contributed by atoms with E-state index in [1.165, 1.54) is 22.8 Å². The lowest BCUT2D eigenvalue weighted by molar-refractivity contribution is -0.385. The van der Waals surface area contributed by atoms with Crippen molar-refractivity contribution in [1.82, 2.24) is 4.57 Å². The first kappa shape index (κ1) is 28.5. The molecule has 1 aliphatic rings. The summed E-state index contributed by atoms with van der Waals surface area (Å²) in [5.74, 6) is -0.841. The Kier molecular flexibility index (Phi) is 8.25. The number of carbonyl (C=O) groups excluding carboxylic acids is 1. The fraction of sp³-hybridized carbons (Fsp3) is 0.138. The molecule has 0 amide bonds. The van der Waals surface area contributed by atoms with Gasteiger partial charge in [-0.2, -0.15) is 0 Å². The Morgan fingerprint density at radius 3 is 2.56 bits per heavy atom. The van der Waals surface area contributed by atoms with Crippen LogP contribution >= 0.6 is 39.0 Å². The number of esters is 1. The highest BCUT2D eigenvalue weighted by Crippen LogP contribution is 2.36. The Morgan fingerprint density at radius 2 is 1.93 bits per heavy atom. The van der Waals surface area contributed by atoms with Gasteiger partial charge in [0.1, 0.15) is 5.75 Å². The van der Waals surface area contributed by atoms with Crippen LogP contribution in [0.5, 0.6) is 5.75 Å². The SMILES string of the molecule is CCOC(=O)C1=C(c2ccccc2)N=c2s/c(=C\c3cc([N+](=O)[O-])cc(Br)c3O)c(=O)n2[C@@H]1c1ccc(SC)cc1. The molecule has 12 heteroatoms. The van der Waals surface area contributed by atoms with Crippen LogP contribution in [0.3, 0.4) is 0 Å². The van der Waals surface area contributed by atoms with E-state index in [0.717, 1.165) is 16.2 Å². The topological polar surface area (TPSA) is 124 Å². The summed E-state index contributed by atoms with van der Waals surface area (Å²) < 4.78 is 7.20. The Bertz CT molecular complexity index is 1880. The number of phenols is 1. The molecule has 0 unspecified atom stereocenters. The van der Waals surface area contributed by atoms with E-state index in [0.29, 0.717) is 21.6 Å². The molecule has 2 heterocycles. The number of fused-ring (bicyclic) bond motifs is 1. The minimum Gasteiger partial charge on any atom is -0.506 e. The number of carbonyl (C=O) groups is 1. The van der Waals surface area contributed by atoms with E-state index < -0.39 is 22.5 Å². The van der Waals surface area contributed by atoms with Gasteiger partial charge in [-0.1, -0.05) is 53.8 Å². The number of non-ortho nitro benzene ring substituents is 1. The second-order valence-electron chi connectivity index (χ2n) is 8.83. The molecule has 0 fully saturated rings. The van der Waals surface area contributed by atoms with Crippen molar-refractivity contribution in [3.05, 3.63) is 123 Å². The lowest BCUT2D eigenvalue weighted by atomic mass is 9.93. The van der Waals surface area contributed by atoms with Gasteiger partial charge in [-0.15, -0.1) is 11.8 Å². The lowest BCUT2D eigenvalue weighted by Crippen LogP contribution is -2.40. The van der Waals surface area contributed by atoms with Gasteiger partial charge >= 0.3 is 5.97 Å². The number of aromatic hydroxyl groups is 1. The molecule has 0 saturated heterocycles. The summed E-state index contributed by atoms with van der Waals surface area (Å²) in [6.45, 7) is 1.84. The van der Waals surface area contributed by atoms with Crippen LogP contribution in [0.2, 0.25) is 0 Å². The molecule has 0 bridgehead atoms. The summed E-state index contributed by atoms with van der Waals surface area (Å²) in [4.78, 5) is 44.5. The average molecular weight is 653 g/mol. The number of hydrogen-bond acceptors (Lipinski definition) is 9. The van der Waals surface area contributed by atoms with Crippen LogP contribution in [-0.2, 0) is 9.53 Å². The number of thiazole rings is 1. The van der Waals surface area contributed by atoms with Crippen molar-refractivity contribution < 1.29 is 19.6 Å². The molecule has 3 aromatic carbocycles. The van der Waals surface area contributed by atoms with Crippen molar-refractivity contribution in [2.45, 2.75) is 17.9 Å². The van der Waals surface area contributed by atoms with E-state index in [2.05, 4.69) is 15.9 Å². The third kappa shape index (κ3) is 5.50. The van der Waals surface area contributed by atoms with Gasteiger partial charge < -0.3 is 9.84 Å². The molecule has 41 heavy (non-hydrogen) atoms. The minimum atomic E-state index is -0.857. The van der Waals surface area contributed by atoms with Crippen molar-refractivity contribution in [2.75, 3.05) is 12.9 Å². The van der Waals surface area contributed by atoms with Crippen molar-refractivity contribution in [3.63, 3.8) is 0 Å². The number of halogens is 1. The highest BCUT2D eigenvalue weighted by Gasteiger charge is 2.35. The number of nitro groups is 1. The van der Waals surface area contributed by atoms with Gasteiger partial charge in [-0.3, -0.25) is 19.5 Å². The van der Waals surface area contributed by atoms with Crippen LogP contribution in [-0.4, -0.2) is 33.4 Å². The summed E-state index contributed by atoms with van der Waals surface area (Å²) in [6.07, 6.45) is 3.35. The van der Waals surface area contributed by atoms with Crippen LogP contribution in [0.25, 0.3) is 11.8 Å². The second-order valence-corrected chi connectivity index (χ2v) is 11.6. The fourth-order valence-corrected chi connectivity index (χ4v) is 6.37. The molecule has 1 N–H and O–H groups in total. The molecule has 1 aliphatic heterocycles. The van der Waals surface area contributed by atoms with Gasteiger partial charge in [0.15, 0.2) is 4.80 Å². The Labute approximate surface area is 250 Å². The quantitative estimate of drug-likeness (QED) is 0.129. The van der Waals surface area contributed by atoms with E-state index in [1.54, 1.807) is 18.7 Å². The van der Waals surface area contributed by atoms with E-state index in [4.69, 9.17) is 9.73 Å². The zero-order chi connectivity index (χ0) is 29.3. The minimum absolute atomic E-state index is 0.0881. The first-order valence-corrected chi connectivity index (χ1v) is 15.2. The van der Waals surface area contributed by atoms with Gasteiger partial charge in [-0.05, 0) is 52.9 Å². The third-order valence-corrected chi connectivity index (χ3v) is 8.71. The molecule has 0 saturated carbocycles. The maximum atomic E-state index is 14.0. The van der Waals surface area contributed by atoms with Gasteiger partial charge in [0.25, 0.3) is 11.2 Å². The molecular formula is C29H22BrN3O6S2. The zero-order valence-corrected chi connectivity index (χ0v) is 25.0. The normalized spacial score (nSPS) is 14.9. The van der Waals surface area contributed by atoms with Crippen LogP contribution < -0.4 is 14.9 Å². The number of phenolic OH excluding ortho intramolecular Hbond substituents is 1. The Morgan fingerprint density at radius 1 is 1.22 bits per heavy atom. The molecule has 1 atom stereocenters. The highest BCUT2D eigenvalue weighted by atomic mass is 79.9. The number of thioether (sulfide) groups is 1. The van der Waals surface area contributed by atoms with Crippen LogP contribution in [0.1, 0.15) is 29.7 Å². The summed E-state index contributed by atoms with van der Waals surface area (Å²) in [7, 11) is 0. The maximum Gasteiger partial charge on any atom is 0.338 e. The Balaban J connectivity index is 1.83. The van der Waals surface area contributed by atoms with E-state index >= 15 is 0 Å². The molecule has 0 aliphatic carbocycles. The first-order chi connectivity index (χ1) is 19.7. The average Bonchev–Trinajstić information content (AvgIpc) is 3.29. The zero-order valence-electron chi connectivity index (χ0n) is 21.7. The molecule has 5 rings (SSSR count). The maximum absolute atomic E-state index is 14.0. The molecule has 0 spiro atoms. The third-order valence-electron chi connectivity index (χ3n) is 6.38. The summed E-state index contributed by atoms with van der Waals surface area (Å²) in [6, 6.07) is 18.3. The van der Waals surface area contributed by atoms with E-state index in [9.17, 15) is 24.8 Å². The molecule has 208 valence electrons. The van der Waals surface area contributed by atoms with E-state index in [1.807, 2.05) is 60.9 Å². The van der Waals surface area contributed by atoms with Crippen molar-refractivity contribution in [1.29, 1.82) is 0 Å². The number of benzene rings is 3. The predicted octanol–water partition coefficient (Wildman–Crippen LogP) is 5.03. The Hall–Kier alpha value is -4.00. The standard InChI is InChI=1S/C29H22BrN3O6S2/c1-3-39-28(36)23-24(16-7-5-4-6-8-16)31-29-32(25(23)17-9-11-20(40-2)12-10-17)27(35)22(41-29)14-18-13-19(33(37)38)15-21(30)26(18)34/h4-15,25,34H,3H2,1-2H3/b22-14-/t25-/m1/s1. The number of aromatic nitrogens is 1. The lowest BCUT2D eigenvalue weighted by Gasteiger charge is -2.26.